The summed E-state index contributed by atoms with van der Waals surface area (Å²) < 4.78 is 12.6. The Bertz CT molecular complexity index is 640. The van der Waals surface area contributed by atoms with Crippen LogP contribution in [0.15, 0.2) is 30.3 Å². The lowest BCUT2D eigenvalue weighted by molar-refractivity contribution is -0.143. The Morgan fingerprint density at radius 3 is 2.36 bits per heavy atom. The fourth-order valence-corrected chi connectivity index (χ4v) is 2.16. The number of halogens is 3. The van der Waals surface area contributed by atoms with Crippen molar-refractivity contribution in [2.75, 3.05) is 20.3 Å². The van der Waals surface area contributed by atoms with Gasteiger partial charge in [-0.2, -0.15) is 0 Å². The van der Waals surface area contributed by atoms with Crippen LogP contribution in [-0.4, -0.2) is 48.3 Å². The number of carbonyl (C=O) groups is 3. The van der Waals surface area contributed by atoms with Gasteiger partial charge in [-0.3, -0.25) is 0 Å². The second-order valence-electron chi connectivity index (χ2n) is 5.54. The number of methoxy groups -OCH3 is 1. The predicted molar refractivity (Wildman–Crippen MR) is 104 cm³/mol. The first-order chi connectivity index (χ1) is 13.2. The van der Waals surface area contributed by atoms with Gasteiger partial charge in [0.2, 0.25) is 3.79 Å². The maximum Gasteiger partial charge on any atom is 0.407 e. The molecule has 0 saturated carbocycles. The van der Waals surface area contributed by atoms with E-state index in [-0.39, 0.29) is 19.6 Å². The van der Waals surface area contributed by atoms with Gasteiger partial charge in [0.1, 0.15) is 19.3 Å². The van der Waals surface area contributed by atoms with Gasteiger partial charge in [0, 0.05) is 6.54 Å². The number of hydrogen-bond donors (Lipinski definition) is 2. The normalized spacial score (nSPS) is 11.9. The molecule has 0 aliphatic heterocycles. The van der Waals surface area contributed by atoms with Gasteiger partial charge in [-0.05, 0) is 18.4 Å². The van der Waals surface area contributed by atoms with Crippen LogP contribution in [0.3, 0.4) is 0 Å². The summed E-state index contributed by atoms with van der Waals surface area (Å²) >= 11 is 16.4. The van der Waals surface area contributed by atoms with Crippen LogP contribution in [0.1, 0.15) is 18.4 Å². The van der Waals surface area contributed by atoms with E-state index in [1.807, 2.05) is 30.3 Å². The molecule has 0 fully saturated rings. The molecule has 0 aliphatic carbocycles. The molecule has 2 N–H and O–H groups in total. The number of esters is 1. The SMILES string of the molecule is COC(=O)[C@H](CCCNC(=O)OCc1ccccc1)NC(=O)OCC(Cl)(Cl)Cl. The van der Waals surface area contributed by atoms with Gasteiger partial charge >= 0.3 is 18.2 Å². The molecule has 0 aliphatic rings. The molecule has 0 aromatic heterocycles. The highest BCUT2D eigenvalue weighted by Gasteiger charge is 2.25. The van der Waals surface area contributed by atoms with Gasteiger partial charge in [0.05, 0.1) is 7.11 Å². The quantitative estimate of drug-likeness (QED) is 0.256. The summed E-state index contributed by atoms with van der Waals surface area (Å²) in [7, 11) is 1.18. The van der Waals surface area contributed by atoms with E-state index in [0.717, 1.165) is 5.56 Å². The molecule has 1 atom stereocenters. The number of nitrogens with one attached hydrogen (secondary N) is 2. The Hall–Kier alpha value is -1.90. The number of carbonyl (C=O) groups excluding carboxylic acids is 3. The fourth-order valence-electron chi connectivity index (χ4n) is 1.99. The molecule has 28 heavy (non-hydrogen) atoms. The number of amides is 2. The molecule has 0 radical (unpaired) electrons. The molecule has 1 rings (SSSR count). The van der Waals surface area contributed by atoms with Crippen molar-refractivity contribution in [2.45, 2.75) is 29.3 Å². The fraction of sp³-hybridized carbons (Fsp3) is 0.471. The highest BCUT2D eigenvalue weighted by Crippen LogP contribution is 2.25. The lowest BCUT2D eigenvalue weighted by atomic mass is 10.1. The van der Waals surface area contributed by atoms with Crippen molar-refractivity contribution in [1.29, 1.82) is 0 Å². The first-order valence-corrected chi connectivity index (χ1v) is 9.37. The molecule has 0 saturated heterocycles. The van der Waals surface area contributed by atoms with E-state index < -0.39 is 34.6 Å². The number of alkyl halides is 3. The maximum absolute atomic E-state index is 11.8. The zero-order chi connectivity index (χ0) is 21.0. The molecule has 0 spiro atoms. The van der Waals surface area contributed by atoms with E-state index in [1.165, 1.54) is 7.11 Å². The van der Waals surface area contributed by atoms with Crippen LogP contribution < -0.4 is 10.6 Å². The Morgan fingerprint density at radius 2 is 1.75 bits per heavy atom. The first-order valence-electron chi connectivity index (χ1n) is 8.23. The minimum Gasteiger partial charge on any atom is -0.467 e. The Labute approximate surface area is 177 Å². The lowest BCUT2D eigenvalue weighted by Crippen LogP contribution is -2.43. The van der Waals surface area contributed by atoms with Gasteiger partial charge in [0.15, 0.2) is 0 Å². The third kappa shape index (κ3) is 11.1. The minimum atomic E-state index is -1.76. The van der Waals surface area contributed by atoms with E-state index in [9.17, 15) is 14.4 Å². The highest BCUT2D eigenvalue weighted by atomic mass is 35.6. The summed E-state index contributed by atoms with van der Waals surface area (Å²) in [5, 5.41) is 4.87. The summed E-state index contributed by atoms with van der Waals surface area (Å²) in [5.41, 5.74) is 0.862. The topological polar surface area (TPSA) is 103 Å². The third-order valence-electron chi connectivity index (χ3n) is 3.30. The van der Waals surface area contributed by atoms with Crippen molar-refractivity contribution in [3.8, 4) is 0 Å². The second-order valence-corrected chi connectivity index (χ2v) is 8.06. The van der Waals surface area contributed by atoms with Crippen molar-refractivity contribution in [1.82, 2.24) is 10.6 Å². The third-order valence-corrected chi connectivity index (χ3v) is 3.62. The van der Waals surface area contributed by atoms with E-state index in [1.54, 1.807) is 0 Å². The molecule has 0 heterocycles. The van der Waals surface area contributed by atoms with Gasteiger partial charge in [-0.1, -0.05) is 65.1 Å². The van der Waals surface area contributed by atoms with Gasteiger partial charge < -0.3 is 24.8 Å². The van der Waals surface area contributed by atoms with Crippen LogP contribution in [0.25, 0.3) is 0 Å². The van der Waals surface area contributed by atoms with Gasteiger partial charge in [0.25, 0.3) is 0 Å². The second kappa shape index (κ2) is 12.5. The van der Waals surface area contributed by atoms with Crippen molar-refractivity contribution >= 4 is 53.0 Å². The van der Waals surface area contributed by atoms with Crippen LogP contribution in [0.2, 0.25) is 0 Å². The van der Waals surface area contributed by atoms with Crippen LogP contribution in [0, 0.1) is 0 Å². The Balaban J connectivity index is 2.31. The molecule has 8 nitrogen and oxygen atoms in total. The van der Waals surface area contributed by atoms with Crippen LogP contribution in [-0.2, 0) is 25.6 Å². The van der Waals surface area contributed by atoms with E-state index >= 15 is 0 Å². The highest BCUT2D eigenvalue weighted by molar-refractivity contribution is 6.67. The number of rotatable bonds is 9. The lowest BCUT2D eigenvalue weighted by Gasteiger charge is -2.17. The van der Waals surface area contributed by atoms with Crippen molar-refractivity contribution in [3.05, 3.63) is 35.9 Å². The van der Waals surface area contributed by atoms with E-state index in [0.29, 0.717) is 6.42 Å². The molecule has 2 amide bonds. The van der Waals surface area contributed by atoms with E-state index in [2.05, 4.69) is 15.4 Å². The van der Waals surface area contributed by atoms with Crippen LogP contribution in [0.4, 0.5) is 9.59 Å². The molecule has 156 valence electrons. The molecule has 1 aromatic carbocycles. The number of hydrogen-bond acceptors (Lipinski definition) is 6. The first kappa shape index (κ1) is 24.1. The maximum atomic E-state index is 11.8. The summed E-state index contributed by atoms with van der Waals surface area (Å²) in [6, 6.07) is 8.24. The monoisotopic (exact) mass is 454 g/mol. The van der Waals surface area contributed by atoms with Gasteiger partial charge in [-0.25, -0.2) is 14.4 Å². The summed E-state index contributed by atoms with van der Waals surface area (Å²) in [6.07, 6.45) is -0.968. The predicted octanol–water partition coefficient (Wildman–Crippen LogP) is 3.33. The zero-order valence-corrected chi connectivity index (χ0v) is 17.4. The summed E-state index contributed by atoms with van der Waals surface area (Å²) in [5.74, 6) is -0.669. The summed E-state index contributed by atoms with van der Waals surface area (Å²) in [6.45, 7) is -0.105. The standard InChI is InChI=1S/C17H21Cl3N2O6/c1-26-14(23)13(22-16(25)28-11-17(18,19)20)8-5-9-21-15(24)27-10-12-6-3-2-4-7-12/h2-4,6-7,13H,5,8-11H2,1H3,(H,21,24)(H,22,25)/t13-/m0/s1. The smallest absolute Gasteiger partial charge is 0.407 e. The zero-order valence-electron chi connectivity index (χ0n) is 15.1. The molecule has 1 aromatic rings. The van der Waals surface area contributed by atoms with Crippen LogP contribution in [0.5, 0.6) is 0 Å². The number of ether oxygens (including phenoxy) is 3. The average Bonchev–Trinajstić information content (AvgIpc) is 2.66. The Kier molecular flexibility index (Phi) is 10.8. The molecule has 0 bridgehead atoms. The average molecular weight is 456 g/mol. The Morgan fingerprint density at radius 1 is 1.07 bits per heavy atom. The molecule has 11 heteroatoms. The van der Waals surface area contributed by atoms with E-state index in [4.69, 9.17) is 44.3 Å². The molecular formula is C17H21Cl3N2O6. The van der Waals surface area contributed by atoms with Crippen molar-refractivity contribution in [3.63, 3.8) is 0 Å². The van der Waals surface area contributed by atoms with Gasteiger partial charge in [-0.15, -0.1) is 0 Å². The van der Waals surface area contributed by atoms with Crippen molar-refractivity contribution < 1.29 is 28.6 Å². The number of benzene rings is 1. The minimum absolute atomic E-state index is 0.147. The largest absolute Gasteiger partial charge is 0.467 e. The molecular weight excluding hydrogens is 435 g/mol. The molecule has 0 unspecified atom stereocenters. The van der Waals surface area contributed by atoms with Crippen molar-refractivity contribution in [2.24, 2.45) is 0 Å². The summed E-state index contributed by atoms with van der Waals surface area (Å²) in [4.78, 5) is 35.1. The number of alkyl carbamates (subject to hydrolysis) is 2. The van der Waals surface area contributed by atoms with Crippen LogP contribution >= 0.6 is 34.8 Å².